The summed E-state index contributed by atoms with van der Waals surface area (Å²) in [5.74, 6) is -0.800. The number of benzene rings is 1. The van der Waals surface area contributed by atoms with Crippen LogP contribution in [0.15, 0.2) is 29.2 Å². The van der Waals surface area contributed by atoms with E-state index < -0.39 is 15.7 Å². The normalized spacial score (nSPS) is 11.4. The second kappa shape index (κ2) is 5.80. The number of carbonyl (C=O) groups is 1. The van der Waals surface area contributed by atoms with Crippen LogP contribution in [0.25, 0.3) is 0 Å². The van der Waals surface area contributed by atoms with E-state index in [0.29, 0.717) is 0 Å². The number of hydrogen-bond donors (Lipinski definition) is 2. The van der Waals surface area contributed by atoms with Gasteiger partial charge in [-0.05, 0) is 31.2 Å². The molecule has 2 aromatic rings. The van der Waals surface area contributed by atoms with Gasteiger partial charge in [0.2, 0.25) is 0 Å². The summed E-state index contributed by atoms with van der Waals surface area (Å²) in [6.45, 7) is 3.33. The van der Waals surface area contributed by atoms with E-state index in [9.17, 15) is 18.3 Å². The van der Waals surface area contributed by atoms with E-state index in [2.05, 4.69) is 10.4 Å². The van der Waals surface area contributed by atoms with Crippen molar-refractivity contribution in [3.63, 3.8) is 0 Å². The van der Waals surface area contributed by atoms with Gasteiger partial charge in [-0.25, -0.2) is 8.42 Å². The first-order valence-corrected chi connectivity index (χ1v) is 8.27. The van der Waals surface area contributed by atoms with Crippen LogP contribution in [0.5, 0.6) is 5.75 Å². The number of phenolic OH excluding ortho intramolecular Hbond substituents is 1. The topological polar surface area (TPSA) is 101 Å². The average Bonchev–Trinajstić information content (AvgIpc) is 2.81. The minimum atomic E-state index is -3.42. The number of hydrogen-bond acceptors (Lipinski definition) is 5. The molecule has 1 aromatic heterocycles. The molecular weight excluding hydrogens is 306 g/mol. The zero-order valence-electron chi connectivity index (χ0n) is 12.5. The molecule has 0 atom stereocenters. The van der Waals surface area contributed by atoms with Gasteiger partial charge in [-0.1, -0.05) is 6.92 Å². The number of nitrogens with zero attached hydrogens (tertiary/aromatic N) is 2. The van der Waals surface area contributed by atoms with Crippen molar-refractivity contribution in [2.45, 2.75) is 18.7 Å². The number of amides is 1. The minimum absolute atomic E-state index is 0.0304. The van der Waals surface area contributed by atoms with Crippen LogP contribution in [0.3, 0.4) is 0 Å². The van der Waals surface area contributed by atoms with Crippen molar-refractivity contribution < 1.29 is 18.3 Å². The summed E-state index contributed by atoms with van der Waals surface area (Å²) in [5.41, 5.74) is 1.02. The first-order chi connectivity index (χ1) is 10.2. The van der Waals surface area contributed by atoms with E-state index in [1.807, 2.05) is 0 Å². The zero-order valence-corrected chi connectivity index (χ0v) is 13.3. The van der Waals surface area contributed by atoms with Crippen molar-refractivity contribution in [3.05, 3.63) is 35.7 Å². The zero-order chi connectivity index (χ0) is 16.5. The largest absolute Gasteiger partial charge is 0.506 e. The number of phenols is 1. The quantitative estimate of drug-likeness (QED) is 0.830. The summed E-state index contributed by atoms with van der Waals surface area (Å²) < 4.78 is 25.3. The van der Waals surface area contributed by atoms with Gasteiger partial charge < -0.3 is 10.4 Å². The van der Waals surface area contributed by atoms with E-state index in [0.717, 1.165) is 5.69 Å². The van der Waals surface area contributed by atoms with Crippen LogP contribution >= 0.6 is 0 Å². The Bertz CT molecular complexity index is 805. The number of rotatable bonds is 4. The van der Waals surface area contributed by atoms with Crippen LogP contribution in [0.4, 0.5) is 5.69 Å². The Balaban J connectivity index is 2.33. The Labute approximate surface area is 128 Å². The Morgan fingerprint density at radius 3 is 2.59 bits per heavy atom. The van der Waals surface area contributed by atoms with Gasteiger partial charge in [-0.2, -0.15) is 5.10 Å². The summed E-state index contributed by atoms with van der Waals surface area (Å²) in [4.78, 5) is 12.2. The molecule has 0 saturated heterocycles. The fourth-order valence-electron chi connectivity index (χ4n) is 1.83. The molecule has 0 aliphatic heterocycles. The molecule has 0 radical (unpaired) electrons. The molecule has 7 nitrogen and oxygen atoms in total. The molecule has 118 valence electrons. The molecule has 1 heterocycles. The Hall–Kier alpha value is -2.35. The number of aromatic hydroxyl groups is 1. The lowest BCUT2D eigenvalue weighted by Gasteiger charge is -2.08. The van der Waals surface area contributed by atoms with Crippen LogP contribution in [0.2, 0.25) is 0 Å². The van der Waals surface area contributed by atoms with Gasteiger partial charge in [0.25, 0.3) is 5.91 Å². The summed E-state index contributed by atoms with van der Waals surface area (Å²) in [7, 11) is -1.72. The predicted octanol–water partition coefficient (Wildman–Crippen LogP) is 1.48. The molecular formula is C14H17N3O4S. The maximum atomic E-state index is 12.1. The molecule has 0 fully saturated rings. The monoisotopic (exact) mass is 323 g/mol. The predicted molar refractivity (Wildman–Crippen MR) is 81.7 cm³/mol. The Kier molecular flexibility index (Phi) is 4.23. The van der Waals surface area contributed by atoms with Crippen LogP contribution in [-0.4, -0.2) is 35.0 Å². The third-order valence-corrected chi connectivity index (χ3v) is 5.03. The third-order valence-electron chi connectivity index (χ3n) is 3.30. The van der Waals surface area contributed by atoms with Crippen molar-refractivity contribution in [3.8, 4) is 5.75 Å². The van der Waals surface area contributed by atoms with Crippen LogP contribution < -0.4 is 5.32 Å². The molecule has 0 bridgehead atoms. The summed E-state index contributed by atoms with van der Waals surface area (Å²) in [5, 5.41) is 16.3. The molecule has 0 unspecified atom stereocenters. The lowest BCUT2D eigenvalue weighted by molar-refractivity contribution is 0.102. The maximum absolute atomic E-state index is 12.1. The molecule has 0 saturated carbocycles. The first-order valence-electron chi connectivity index (χ1n) is 6.62. The lowest BCUT2D eigenvalue weighted by atomic mass is 10.2. The van der Waals surface area contributed by atoms with Gasteiger partial charge in [0, 0.05) is 12.7 Å². The second-order valence-electron chi connectivity index (χ2n) is 4.83. The second-order valence-corrected chi connectivity index (χ2v) is 7.11. The van der Waals surface area contributed by atoms with Crippen molar-refractivity contribution >= 4 is 21.4 Å². The highest BCUT2D eigenvalue weighted by molar-refractivity contribution is 7.91. The number of nitrogens with one attached hydrogen (secondary N) is 1. The fraction of sp³-hybridized carbons (Fsp3) is 0.286. The third kappa shape index (κ3) is 3.11. The highest BCUT2D eigenvalue weighted by Crippen LogP contribution is 2.27. The smallest absolute Gasteiger partial charge is 0.276 e. The van der Waals surface area contributed by atoms with E-state index >= 15 is 0 Å². The van der Waals surface area contributed by atoms with Gasteiger partial charge in [0.1, 0.15) is 5.75 Å². The summed E-state index contributed by atoms with van der Waals surface area (Å²) in [6, 6.07) is 5.37. The van der Waals surface area contributed by atoms with Crippen molar-refractivity contribution in [1.82, 2.24) is 9.78 Å². The molecule has 2 N–H and O–H groups in total. The Morgan fingerprint density at radius 1 is 1.36 bits per heavy atom. The first kappa shape index (κ1) is 16.0. The number of aryl methyl sites for hydroxylation is 2. The minimum Gasteiger partial charge on any atom is -0.506 e. The number of carbonyl (C=O) groups excluding carboxylic acids is 1. The van der Waals surface area contributed by atoms with E-state index in [1.54, 1.807) is 24.7 Å². The number of aromatic nitrogens is 2. The van der Waals surface area contributed by atoms with Crippen LogP contribution in [-0.2, 0) is 16.9 Å². The fourth-order valence-corrected chi connectivity index (χ4v) is 2.74. The van der Waals surface area contributed by atoms with Gasteiger partial charge in [0.05, 0.1) is 16.3 Å². The highest BCUT2D eigenvalue weighted by Gasteiger charge is 2.17. The summed E-state index contributed by atoms with van der Waals surface area (Å²) >= 11 is 0. The molecule has 0 aliphatic rings. The van der Waals surface area contributed by atoms with Gasteiger partial charge >= 0.3 is 0 Å². The summed E-state index contributed by atoms with van der Waals surface area (Å²) in [6.07, 6.45) is 0. The van der Waals surface area contributed by atoms with Crippen LogP contribution in [0, 0.1) is 6.92 Å². The van der Waals surface area contributed by atoms with Crippen molar-refractivity contribution in [1.29, 1.82) is 0 Å². The van der Waals surface area contributed by atoms with Gasteiger partial charge in [-0.15, -0.1) is 0 Å². The molecule has 1 amide bonds. The van der Waals surface area contributed by atoms with E-state index in [4.69, 9.17) is 0 Å². The SMILES string of the molecule is CCS(=O)(=O)c1ccc(O)c(NC(=O)c2cc(C)n(C)n2)c1. The van der Waals surface area contributed by atoms with Crippen molar-refractivity contribution in [2.75, 3.05) is 11.1 Å². The highest BCUT2D eigenvalue weighted by atomic mass is 32.2. The molecule has 0 aliphatic carbocycles. The number of anilines is 1. The molecule has 2 rings (SSSR count). The van der Waals surface area contributed by atoms with E-state index in [1.165, 1.54) is 25.1 Å². The Morgan fingerprint density at radius 2 is 2.05 bits per heavy atom. The van der Waals surface area contributed by atoms with Gasteiger partial charge in [-0.3, -0.25) is 9.48 Å². The average molecular weight is 323 g/mol. The molecule has 22 heavy (non-hydrogen) atoms. The van der Waals surface area contributed by atoms with Crippen molar-refractivity contribution in [2.24, 2.45) is 7.05 Å². The standard InChI is InChI=1S/C14H17N3O4S/c1-4-22(20,21)10-5-6-13(18)11(8-10)15-14(19)12-7-9(2)17(3)16-12/h5-8,18H,4H2,1-3H3,(H,15,19). The molecule has 0 spiro atoms. The van der Waals surface area contributed by atoms with Gasteiger partial charge in [0.15, 0.2) is 15.5 Å². The van der Waals surface area contributed by atoms with E-state index in [-0.39, 0.29) is 27.8 Å². The van der Waals surface area contributed by atoms with Crippen LogP contribution in [0.1, 0.15) is 23.1 Å². The molecule has 1 aromatic carbocycles. The lowest BCUT2D eigenvalue weighted by Crippen LogP contribution is -2.14. The maximum Gasteiger partial charge on any atom is 0.276 e. The molecule has 8 heteroatoms. The number of sulfone groups is 1.